The fourth-order valence-electron chi connectivity index (χ4n) is 3.09. The Bertz CT molecular complexity index is 1180. The quantitative estimate of drug-likeness (QED) is 0.622. The number of anilines is 1. The van der Waals surface area contributed by atoms with Gasteiger partial charge in [0, 0.05) is 19.2 Å². The van der Waals surface area contributed by atoms with Crippen molar-refractivity contribution in [2.24, 2.45) is 0 Å². The number of nitrogens with zero attached hydrogens (tertiary/aromatic N) is 2. The third-order valence-electron chi connectivity index (χ3n) is 4.59. The first kappa shape index (κ1) is 19.7. The summed E-state index contributed by atoms with van der Waals surface area (Å²) in [7, 11) is -3.50. The molecule has 9 heteroatoms. The molecule has 0 bridgehead atoms. The summed E-state index contributed by atoms with van der Waals surface area (Å²) in [5.74, 6) is -0.717. The van der Waals surface area contributed by atoms with Crippen LogP contribution in [-0.2, 0) is 14.8 Å². The summed E-state index contributed by atoms with van der Waals surface area (Å²) in [6, 6.07) is 10.6. The van der Waals surface area contributed by atoms with E-state index < -0.39 is 10.0 Å². The lowest BCUT2D eigenvalue weighted by molar-refractivity contribution is -0.111. The first-order valence-corrected chi connectivity index (χ1v) is 11.3. The average Bonchev–Trinajstić information content (AvgIpc) is 3.37. The van der Waals surface area contributed by atoms with Gasteiger partial charge in [-0.3, -0.25) is 10.1 Å². The SMILES string of the molecule is O=C(/C=C/c1ccc(F)cc1)Nc1nc2ccc(S(=O)(=O)N3CCCC3)cc2s1. The molecule has 2 aromatic carbocycles. The molecular formula is C20H18FN3O3S2. The van der Waals surface area contributed by atoms with E-state index in [0.29, 0.717) is 34.0 Å². The highest BCUT2D eigenvalue weighted by Gasteiger charge is 2.27. The third kappa shape index (κ3) is 4.36. The molecule has 0 unspecified atom stereocenters. The molecule has 1 fully saturated rings. The molecule has 2 heterocycles. The standard InChI is InChI=1S/C20H18FN3O3S2/c21-15-6-3-14(4-7-15)5-10-19(25)23-20-22-17-9-8-16(13-18(17)28-20)29(26,27)24-11-1-2-12-24/h3-10,13H,1-2,11-12H2,(H,22,23,25)/b10-5+. The van der Waals surface area contributed by atoms with Crippen LogP contribution in [0, 0.1) is 5.82 Å². The highest BCUT2D eigenvalue weighted by Crippen LogP contribution is 2.30. The van der Waals surface area contributed by atoms with Gasteiger partial charge in [-0.15, -0.1) is 0 Å². The van der Waals surface area contributed by atoms with Gasteiger partial charge in [-0.25, -0.2) is 17.8 Å². The largest absolute Gasteiger partial charge is 0.298 e. The Labute approximate surface area is 171 Å². The number of rotatable bonds is 5. The maximum atomic E-state index is 12.9. The number of carbonyl (C=O) groups excluding carboxylic acids is 1. The number of hydrogen-bond donors (Lipinski definition) is 1. The fourth-order valence-corrected chi connectivity index (χ4v) is 5.62. The highest BCUT2D eigenvalue weighted by atomic mass is 32.2. The van der Waals surface area contributed by atoms with E-state index in [1.165, 1.54) is 33.9 Å². The van der Waals surface area contributed by atoms with Crippen LogP contribution in [0.1, 0.15) is 18.4 Å². The number of amides is 1. The second-order valence-electron chi connectivity index (χ2n) is 6.63. The molecule has 4 rings (SSSR count). The van der Waals surface area contributed by atoms with Crippen LogP contribution in [-0.4, -0.2) is 36.7 Å². The Morgan fingerprint density at radius 1 is 1.14 bits per heavy atom. The Morgan fingerprint density at radius 3 is 2.59 bits per heavy atom. The van der Waals surface area contributed by atoms with Gasteiger partial charge in [-0.2, -0.15) is 4.31 Å². The van der Waals surface area contributed by atoms with E-state index in [2.05, 4.69) is 10.3 Å². The van der Waals surface area contributed by atoms with Crippen molar-refractivity contribution in [2.75, 3.05) is 18.4 Å². The smallest absolute Gasteiger partial charge is 0.250 e. The monoisotopic (exact) mass is 431 g/mol. The molecule has 150 valence electrons. The molecule has 29 heavy (non-hydrogen) atoms. The Hall–Kier alpha value is -2.62. The minimum absolute atomic E-state index is 0.240. The minimum Gasteiger partial charge on any atom is -0.298 e. The van der Waals surface area contributed by atoms with E-state index in [1.54, 1.807) is 36.4 Å². The van der Waals surface area contributed by atoms with Gasteiger partial charge in [-0.1, -0.05) is 23.5 Å². The molecule has 0 radical (unpaired) electrons. The molecule has 0 atom stereocenters. The molecule has 0 saturated carbocycles. The Balaban J connectivity index is 1.50. The van der Waals surface area contributed by atoms with Crippen molar-refractivity contribution in [3.63, 3.8) is 0 Å². The normalized spacial score (nSPS) is 15.3. The van der Waals surface area contributed by atoms with Gasteiger partial charge in [0.15, 0.2) is 5.13 Å². The lowest BCUT2D eigenvalue weighted by atomic mass is 10.2. The van der Waals surface area contributed by atoms with Gasteiger partial charge in [0.25, 0.3) is 0 Å². The van der Waals surface area contributed by atoms with Crippen molar-refractivity contribution in [1.29, 1.82) is 0 Å². The second-order valence-corrected chi connectivity index (χ2v) is 9.60. The maximum absolute atomic E-state index is 12.9. The molecule has 1 amide bonds. The van der Waals surface area contributed by atoms with E-state index in [9.17, 15) is 17.6 Å². The first-order chi connectivity index (χ1) is 13.9. The maximum Gasteiger partial charge on any atom is 0.250 e. The average molecular weight is 432 g/mol. The molecule has 1 aliphatic heterocycles. The topological polar surface area (TPSA) is 79.4 Å². The number of halogens is 1. The minimum atomic E-state index is -3.50. The number of nitrogens with one attached hydrogen (secondary N) is 1. The summed E-state index contributed by atoms with van der Waals surface area (Å²) in [4.78, 5) is 16.7. The molecule has 6 nitrogen and oxygen atoms in total. The molecule has 3 aromatic rings. The van der Waals surface area contributed by atoms with Crippen molar-refractivity contribution in [3.8, 4) is 0 Å². The zero-order valence-corrected chi connectivity index (χ0v) is 17.0. The lowest BCUT2D eigenvalue weighted by Crippen LogP contribution is -2.27. The van der Waals surface area contributed by atoms with Gasteiger partial charge >= 0.3 is 0 Å². The van der Waals surface area contributed by atoms with Gasteiger partial charge in [0.1, 0.15) is 5.82 Å². The molecule has 1 saturated heterocycles. The van der Waals surface area contributed by atoms with Crippen LogP contribution >= 0.6 is 11.3 Å². The van der Waals surface area contributed by atoms with Crippen LogP contribution < -0.4 is 5.32 Å². The van der Waals surface area contributed by atoms with Gasteiger partial charge in [0.05, 0.1) is 15.1 Å². The predicted octanol–water partition coefficient (Wildman–Crippen LogP) is 3.87. The van der Waals surface area contributed by atoms with Crippen LogP contribution in [0.15, 0.2) is 53.4 Å². The number of hydrogen-bond acceptors (Lipinski definition) is 5. The van der Waals surface area contributed by atoms with Crippen molar-refractivity contribution >= 4 is 48.7 Å². The molecule has 1 N–H and O–H groups in total. The Kier molecular flexibility index (Phi) is 5.44. The van der Waals surface area contributed by atoms with Gasteiger partial charge < -0.3 is 0 Å². The van der Waals surface area contributed by atoms with Crippen LogP contribution in [0.25, 0.3) is 16.3 Å². The number of fused-ring (bicyclic) bond motifs is 1. The van der Waals surface area contributed by atoms with E-state index in [-0.39, 0.29) is 16.6 Å². The molecule has 1 aromatic heterocycles. The second kappa shape index (κ2) is 8.02. The number of thiazole rings is 1. The van der Waals surface area contributed by atoms with Crippen LogP contribution in [0.3, 0.4) is 0 Å². The zero-order valence-electron chi connectivity index (χ0n) is 15.3. The molecule has 0 spiro atoms. The summed E-state index contributed by atoms with van der Waals surface area (Å²) in [5.41, 5.74) is 1.32. The van der Waals surface area contributed by atoms with Crippen LogP contribution in [0.5, 0.6) is 0 Å². The zero-order chi connectivity index (χ0) is 20.4. The summed E-state index contributed by atoms with van der Waals surface area (Å²) in [5, 5.41) is 3.05. The van der Waals surface area contributed by atoms with Crippen molar-refractivity contribution in [1.82, 2.24) is 9.29 Å². The molecular weight excluding hydrogens is 413 g/mol. The number of benzene rings is 2. The molecule has 0 aliphatic carbocycles. The summed E-state index contributed by atoms with van der Waals surface area (Å²) >= 11 is 1.21. The predicted molar refractivity (Wildman–Crippen MR) is 112 cm³/mol. The van der Waals surface area contributed by atoms with Gasteiger partial charge in [0.2, 0.25) is 15.9 Å². The first-order valence-electron chi connectivity index (χ1n) is 9.07. The lowest BCUT2D eigenvalue weighted by Gasteiger charge is -2.15. The van der Waals surface area contributed by atoms with Gasteiger partial charge in [-0.05, 0) is 54.8 Å². The van der Waals surface area contributed by atoms with E-state index in [0.717, 1.165) is 12.8 Å². The van der Waals surface area contributed by atoms with Crippen molar-refractivity contribution in [2.45, 2.75) is 17.7 Å². The van der Waals surface area contributed by atoms with E-state index in [1.807, 2.05) is 0 Å². The third-order valence-corrected chi connectivity index (χ3v) is 7.42. The number of sulfonamides is 1. The highest BCUT2D eigenvalue weighted by molar-refractivity contribution is 7.89. The Morgan fingerprint density at radius 2 is 1.86 bits per heavy atom. The fraction of sp³-hybridized carbons (Fsp3) is 0.200. The molecule has 1 aliphatic rings. The summed E-state index contributed by atoms with van der Waals surface area (Å²) < 4.78 is 40.5. The number of carbonyl (C=O) groups is 1. The van der Waals surface area contributed by atoms with E-state index in [4.69, 9.17) is 0 Å². The number of aromatic nitrogens is 1. The summed E-state index contributed by atoms with van der Waals surface area (Å²) in [6.07, 6.45) is 4.67. The summed E-state index contributed by atoms with van der Waals surface area (Å²) in [6.45, 7) is 1.09. The van der Waals surface area contributed by atoms with Crippen LogP contribution in [0.2, 0.25) is 0 Å². The van der Waals surface area contributed by atoms with E-state index >= 15 is 0 Å². The van der Waals surface area contributed by atoms with Crippen molar-refractivity contribution < 1.29 is 17.6 Å². The van der Waals surface area contributed by atoms with Crippen LogP contribution in [0.4, 0.5) is 9.52 Å². The van der Waals surface area contributed by atoms with Crippen molar-refractivity contribution in [3.05, 3.63) is 59.9 Å².